The molecule has 2 nitrogen and oxygen atoms in total. The number of thiophene rings is 1. The van der Waals surface area contributed by atoms with E-state index in [0.717, 1.165) is 6.42 Å². The Morgan fingerprint density at radius 3 is 2.79 bits per heavy atom. The normalized spacial score (nSPS) is 12.5. The zero-order chi connectivity index (χ0) is 10.6. The average Bonchev–Trinajstić information content (AvgIpc) is 2.61. The minimum absolute atomic E-state index is 0.0324. The van der Waals surface area contributed by atoms with Crippen LogP contribution in [-0.4, -0.2) is 17.8 Å². The summed E-state index contributed by atoms with van der Waals surface area (Å²) in [6, 6.07) is 3.46. The van der Waals surface area contributed by atoms with Crippen molar-refractivity contribution in [3.05, 3.63) is 21.3 Å². The van der Waals surface area contributed by atoms with E-state index in [2.05, 4.69) is 5.32 Å². The van der Waals surface area contributed by atoms with Crippen molar-refractivity contribution in [2.45, 2.75) is 19.4 Å². The van der Waals surface area contributed by atoms with E-state index in [9.17, 15) is 4.79 Å². The number of carbonyl (C=O) groups excluding carboxylic acids is 1. The number of amides is 1. The minimum atomic E-state index is -0.102. The van der Waals surface area contributed by atoms with Crippen LogP contribution in [0.25, 0.3) is 0 Å². The maximum absolute atomic E-state index is 11.6. The second-order valence-corrected chi connectivity index (χ2v) is 4.86. The van der Waals surface area contributed by atoms with Crippen LogP contribution in [0.1, 0.15) is 23.0 Å². The Balaban J connectivity index is 2.58. The molecule has 0 spiro atoms. The molecular formula is C9H11Cl2NOS. The van der Waals surface area contributed by atoms with Crippen LogP contribution >= 0.6 is 34.5 Å². The quantitative estimate of drug-likeness (QED) is 0.819. The molecule has 1 aromatic heterocycles. The lowest BCUT2D eigenvalue weighted by molar-refractivity contribution is 0.0944. The summed E-state index contributed by atoms with van der Waals surface area (Å²) in [5, 5.41) is 2.83. The van der Waals surface area contributed by atoms with E-state index in [0.29, 0.717) is 15.1 Å². The molecule has 1 aromatic rings. The van der Waals surface area contributed by atoms with Gasteiger partial charge in [0.15, 0.2) is 0 Å². The summed E-state index contributed by atoms with van der Waals surface area (Å²) in [6.45, 7) is 1.98. The molecule has 14 heavy (non-hydrogen) atoms. The van der Waals surface area contributed by atoms with E-state index in [1.165, 1.54) is 11.3 Å². The van der Waals surface area contributed by atoms with Crippen molar-refractivity contribution in [1.82, 2.24) is 5.32 Å². The molecule has 0 bridgehead atoms. The summed E-state index contributed by atoms with van der Waals surface area (Å²) in [5.74, 6) is 0.329. The third-order valence-corrected chi connectivity index (χ3v) is 3.41. The van der Waals surface area contributed by atoms with Gasteiger partial charge in [-0.3, -0.25) is 4.79 Å². The number of carbonyl (C=O) groups is 1. The third-order valence-electron chi connectivity index (χ3n) is 1.81. The predicted molar refractivity (Wildman–Crippen MR) is 61.6 cm³/mol. The highest BCUT2D eigenvalue weighted by atomic mass is 35.5. The maximum atomic E-state index is 11.6. The summed E-state index contributed by atoms with van der Waals surface area (Å²) in [7, 11) is 0. The number of rotatable bonds is 4. The van der Waals surface area contributed by atoms with Gasteiger partial charge < -0.3 is 5.32 Å². The molecule has 1 atom stereocenters. The van der Waals surface area contributed by atoms with Gasteiger partial charge in [0.25, 0.3) is 5.91 Å². The number of alkyl halides is 1. The van der Waals surface area contributed by atoms with Crippen LogP contribution < -0.4 is 5.32 Å². The van der Waals surface area contributed by atoms with E-state index in [1.54, 1.807) is 12.1 Å². The molecule has 1 amide bonds. The van der Waals surface area contributed by atoms with Gasteiger partial charge in [-0.25, -0.2) is 0 Å². The molecule has 5 heteroatoms. The van der Waals surface area contributed by atoms with Gasteiger partial charge in [-0.2, -0.15) is 0 Å². The summed E-state index contributed by atoms with van der Waals surface area (Å²) in [5.41, 5.74) is 0. The van der Waals surface area contributed by atoms with Gasteiger partial charge in [-0.05, 0) is 18.6 Å². The van der Waals surface area contributed by atoms with Gasteiger partial charge in [-0.15, -0.1) is 22.9 Å². The molecule has 1 unspecified atom stereocenters. The number of hydrogen-bond donors (Lipinski definition) is 1. The van der Waals surface area contributed by atoms with Crippen LogP contribution in [0.4, 0.5) is 0 Å². The first kappa shape index (κ1) is 11.8. The number of nitrogens with one attached hydrogen (secondary N) is 1. The average molecular weight is 252 g/mol. The Morgan fingerprint density at radius 1 is 1.64 bits per heavy atom. The molecule has 0 saturated carbocycles. The van der Waals surface area contributed by atoms with Crippen LogP contribution in [0.15, 0.2) is 12.1 Å². The summed E-state index contributed by atoms with van der Waals surface area (Å²) < 4.78 is 0.620. The fraction of sp³-hybridized carbons (Fsp3) is 0.444. The van der Waals surface area contributed by atoms with Crippen LogP contribution in [0.2, 0.25) is 4.34 Å². The van der Waals surface area contributed by atoms with Crippen LogP contribution in [-0.2, 0) is 0 Å². The van der Waals surface area contributed by atoms with E-state index in [4.69, 9.17) is 23.2 Å². The molecule has 1 N–H and O–H groups in total. The molecule has 78 valence electrons. The van der Waals surface area contributed by atoms with Crippen molar-refractivity contribution in [1.29, 1.82) is 0 Å². The third kappa shape index (κ3) is 3.15. The van der Waals surface area contributed by atoms with Crippen molar-refractivity contribution < 1.29 is 4.79 Å². The fourth-order valence-corrected chi connectivity index (χ4v) is 2.18. The monoisotopic (exact) mass is 251 g/mol. The highest BCUT2D eigenvalue weighted by Crippen LogP contribution is 2.21. The Morgan fingerprint density at radius 2 is 2.36 bits per heavy atom. The molecule has 0 aliphatic carbocycles. The van der Waals surface area contributed by atoms with E-state index >= 15 is 0 Å². The van der Waals surface area contributed by atoms with Crippen molar-refractivity contribution in [2.24, 2.45) is 0 Å². The Kier molecular flexibility index (Phi) is 4.72. The SMILES string of the molecule is CCC(CCl)NC(=O)c1ccc(Cl)s1. The fourth-order valence-electron chi connectivity index (χ4n) is 0.943. The molecule has 0 aromatic carbocycles. The number of hydrogen-bond acceptors (Lipinski definition) is 2. The lowest BCUT2D eigenvalue weighted by Crippen LogP contribution is -2.35. The van der Waals surface area contributed by atoms with Gasteiger partial charge in [0.1, 0.15) is 0 Å². The first-order valence-corrected chi connectivity index (χ1v) is 6.02. The van der Waals surface area contributed by atoms with Crippen molar-refractivity contribution in [2.75, 3.05) is 5.88 Å². The highest BCUT2D eigenvalue weighted by molar-refractivity contribution is 7.17. The molecule has 0 radical (unpaired) electrons. The molecular weight excluding hydrogens is 241 g/mol. The Labute approximate surface area is 97.2 Å². The first-order chi connectivity index (χ1) is 6.67. The molecule has 1 heterocycles. The van der Waals surface area contributed by atoms with Crippen LogP contribution in [0.3, 0.4) is 0 Å². The van der Waals surface area contributed by atoms with E-state index in [1.807, 2.05) is 6.92 Å². The first-order valence-electron chi connectivity index (χ1n) is 4.29. The van der Waals surface area contributed by atoms with Gasteiger partial charge >= 0.3 is 0 Å². The van der Waals surface area contributed by atoms with Crippen LogP contribution in [0, 0.1) is 0 Å². The second kappa shape index (κ2) is 5.59. The van der Waals surface area contributed by atoms with Crippen LogP contribution in [0.5, 0.6) is 0 Å². The Hall–Kier alpha value is -0.250. The molecule has 0 aliphatic rings. The molecule has 0 saturated heterocycles. The summed E-state index contributed by atoms with van der Waals surface area (Å²) in [6.07, 6.45) is 0.828. The van der Waals surface area contributed by atoms with Crippen molar-refractivity contribution in [3.63, 3.8) is 0 Å². The standard InChI is InChI=1S/C9H11Cl2NOS/c1-2-6(5-10)12-9(13)7-3-4-8(11)14-7/h3-4,6H,2,5H2,1H3,(H,12,13). The maximum Gasteiger partial charge on any atom is 0.261 e. The zero-order valence-electron chi connectivity index (χ0n) is 7.72. The van der Waals surface area contributed by atoms with Gasteiger partial charge in [0.2, 0.25) is 0 Å². The summed E-state index contributed by atoms with van der Waals surface area (Å²) >= 11 is 12.7. The highest BCUT2D eigenvalue weighted by Gasteiger charge is 2.12. The van der Waals surface area contributed by atoms with Crippen molar-refractivity contribution >= 4 is 40.4 Å². The van der Waals surface area contributed by atoms with Crippen molar-refractivity contribution in [3.8, 4) is 0 Å². The van der Waals surface area contributed by atoms with Gasteiger partial charge in [0, 0.05) is 11.9 Å². The second-order valence-electron chi connectivity index (χ2n) is 2.84. The molecule has 1 rings (SSSR count). The largest absolute Gasteiger partial charge is 0.347 e. The van der Waals surface area contributed by atoms with E-state index < -0.39 is 0 Å². The Bertz CT molecular complexity index is 310. The predicted octanol–water partition coefficient (Wildman–Crippen LogP) is 3.15. The minimum Gasteiger partial charge on any atom is -0.347 e. The van der Waals surface area contributed by atoms with E-state index in [-0.39, 0.29) is 11.9 Å². The number of halogens is 2. The summed E-state index contributed by atoms with van der Waals surface area (Å²) in [4.78, 5) is 12.2. The molecule has 0 fully saturated rings. The zero-order valence-corrected chi connectivity index (χ0v) is 10.0. The van der Waals surface area contributed by atoms with Gasteiger partial charge in [0.05, 0.1) is 9.21 Å². The van der Waals surface area contributed by atoms with Gasteiger partial charge in [-0.1, -0.05) is 18.5 Å². The molecule has 0 aliphatic heterocycles. The lowest BCUT2D eigenvalue weighted by atomic mass is 10.2. The topological polar surface area (TPSA) is 29.1 Å². The smallest absolute Gasteiger partial charge is 0.261 e. The lowest BCUT2D eigenvalue weighted by Gasteiger charge is -2.12.